The van der Waals surface area contributed by atoms with E-state index in [0.717, 1.165) is 32.1 Å². The molecule has 0 spiro atoms. The van der Waals surface area contributed by atoms with Crippen molar-refractivity contribution in [3.8, 4) is 17.2 Å². The number of phenols is 1. The molecule has 0 saturated carbocycles. The van der Waals surface area contributed by atoms with Gasteiger partial charge in [0.1, 0.15) is 0 Å². The SMILES string of the molecule is COc1cc(C)c(C(=O)CCCCCCCCCCCO)c(O)c1OC. The second-order valence-corrected chi connectivity index (χ2v) is 6.73. The molecular formula is C21H34O5. The second kappa shape index (κ2) is 12.6. The molecule has 0 bridgehead atoms. The number of aryl methyl sites for hydroxylation is 1. The van der Waals surface area contributed by atoms with Gasteiger partial charge in [0.15, 0.2) is 17.3 Å². The summed E-state index contributed by atoms with van der Waals surface area (Å²) in [5, 5.41) is 19.1. The van der Waals surface area contributed by atoms with Gasteiger partial charge in [-0.1, -0.05) is 44.9 Å². The zero-order valence-corrected chi connectivity index (χ0v) is 16.5. The molecule has 0 atom stereocenters. The first-order chi connectivity index (χ1) is 12.6. The highest BCUT2D eigenvalue weighted by Gasteiger charge is 2.21. The molecular weight excluding hydrogens is 332 g/mol. The Morgan fingerprint density at radius 2 is 1.46 bits per heavy atom. The van der Waals surface area contributed by atoms with Gasteiger partial charge in [-0.3, -0.25) is 4.79 Å². The first-order valence-electron chi connectivity index (χ1n) is 9.65. The van der Waals surface area contributed by atoms with Crippen LogP contribution in [0.4, 0.5) is 0 Å². The highest BCUT2D eigenvalue weighted by Crippen LogP contribution is 2.41. The van der Waals surface area contributed by atoms with E-state index >= 15 is 0 Å². The van der Waals surface area contributed by atoms with E-state index in [1.165, 1.54) is 39.9 Å². The van der Waals surface area contributed by atoms with Gasteiger partial charge < -0.3 is 19.7 Å². The van der Waals surface area contributed by atoms with Crippen molar-refractivity contribution in [2.75, 3.05) is 20.8 Å². The third kappa shape index (κ3) is 6.87. The summed E-state index contributed by atoms with van der Waals surface area (Å²) < 4.78 is 10.4. The lowest BCUT2D eigenvalue weighted by molar-refractivity contribution is 0.0975. The number of carbonyl (C=O) groups is 1. The van der Waals surface area contributed by atoms with Crippen LogP contribution in [0.5, 0.6) is 17.2 Å². The van der Waals surface area contributed by atoms with Gasteiger partial charge in [-0.2, -0.15) is 0 Å². The number of ketones is 1. The zero-order chi connectivity index (χ0) is 19.4. The normalized spacial score (nSPS) is 10.8. The van der Waals surface area contributed by atoms with Crippen LogP contribution in [0.15, 0.2) is 6.07 Å². The molecule has 0 heterocycles. The molecule has 2 N–H and O–H groups in total. The minimum Gasteiger partial charge on any atom is -0.504 e. The molecule has 26 heavy (non-hydrogen) atoms. The predicted molar refractivity (Wildman–Crippen MR) is 104 cm³/mol. The van der Waals surface area contributed by atoms with Crippen LogP contribution in [0.2, 0.25) is 0 Å². The molecule has 0 saturated heterocycles. The Bertz CT molecular complexity index is 554. The van der Waals surface area contributed by atoms with Gasteiger partial charge in [0.05, 0.1) is 19.8 Å². The molecule has 5 heteroatoms. The molecule has 0 fully saturated rings. The average Bonchev–Trinajstić information content (AvgIpc) is 2.62. The fourth-order valence-electron chi connectivity index (χ4n) is 3.21. The van der Waals surface area contributed by atoms with Crippen LogP contribution in [-0.4, -0.2) is 36.8 Å². The molecule has 0 aromatic heterocycles. The van der Waals surface area contributed by atoms with Gasteiger partial charge in [-0.25, -0.2) is 0 Å². The molecule has 0 aliphatic carbocycles. The molecule has 0 aliphatic heterocycles. The van der Waals surface area contributed by atoms with Crippen LogP contribution in [0.3, 0.4) is 0 Å². The number of rotatable bonds is 14. The Morgan fingerprint density at radius 1 is 0.923 bits per heavy atom. The first-order valence-corrected chi connectivity index (χ1v) is 9.65. The summed E-state index contributed by atoms with van der Waals surface area (Å²) in [7, 11) is 2.95. The third-order valence-corrected chi connectivity index (χ3v) is 4.68. The summed E-state index contributed by atoms with van der Waals surface area (Å²) in [5.41, 5.74) is 1.04. The molecule has 0 amide bonds. The van der Waals surface area contributed by atoms with Gasteiger partial charge in [-0.05, 0) is 31.4 Å². The molecule has 1 aromatic rings. The monoisotopic (exact) mass is 366 g/mol. The maximum Gasteiger partial charge on any atom is 0.203 e. The Balaban J connectivity index is 2.38. The molecule has 1 rings (SSSR count). The summed E-state index contributed by atoms with van der Waals surface area (Å²) >= 11 is 0. The standard InChI is InChI=1S/C21H34O5/c1-16-15-18(25-2)21(26-3)20(24)19(16)17(23)13-11-9-7-5-4-6-8-10-12-14-22/h15,22,24H,4-14H2,1-3H3. The number of Topliss-reactive ketones (excluding diaryl/α,β-unsaturated/α-hetero) is 1. The Kier molecular flexibility index (Phi) is 10.8. The number of benzene rings is 1. The quantitative estimate of drug-likeness (QED) is 0.365. The number of ether oxygens (including phenoxy) is 2. The number of hydrogen-bond acceptors (Lipinski definition) is 5. The number of phenolic OH excluding ortho intramolecular Hbond substituents is 1. The topological polar surface area (TPSA) is 76.0 Å². The number of methoxy groups -OCH3 is 2. The minimum atomic E-state index is -0.128. The molecule has 5 nitrogen and oxygen atoms in total. The highest BCUT2D eigenvalue weighted by atomic mass is 16.5. The van der Waals surface area contributed by atoms with Crippen molar-refractivity contribution in [2.24, 2.45) is 0 Å². The number of aliphatic hydroxyl groups excluding tert-OH is 1. The van der Waals surface area contributed by atoms with Crippen LogP contribution in [0.1, 0.15) is 80.1 Å². The molecule has 0 unspecified atom stereocenters. The van der Waals surface area contributed by atoms with Crippen molar-refractivity contribution in [2.45, 2.75) is 71.1 Å². The smallest absolute Gasteiger partial charge is 0.203 e. The van der Waals surface area contributed by atoms with E-state index in [0.29, 0.717) is 29.9 Å². The van der Waals surface area contributed by atoms with E-state index in [4.69, 9.17) is 14.6 Å². The molecule has 1 aromatic carbocycles. The second-order valence-electron chi connectivity index (χ2n) is 6.73. The van der Waals surface area contributed by atoms with Crippen molar-refractivity contribution in [3.05, 3.63) is 17.2 Å². The first kappa shape index (κ1) is 22.3. The van der Waals surface area contributed by atoms with Crippen molar-refractivity contribution >= 4 is 5.78 Å². The summed E-state index contributed by atoms with van der Waals surface area (Å²) in [4.78, 5) is 12.5. The van der Waals surface area contributed by atoms with Gasteiger partial charge in [-0.15, -0.1) is 0 Å². The average molecular weight is 366 g/mol. The lowest BCUT2D eigenvalue weighted by Gasteiger charge is -2.15. The predicted octanol–water partition coefficient (Wildman–Crippen LogP) is 4.79. The van der Waals surface area contributed by atoms with E-state index in [2.05, 4.69) is 0 Å². The van der Waals surface area contributed by atoms with Crippen LogP contribution in [-0.2, 0) is 0 Å². The summed E-state index contributed by atoms with van der Waals surface area (Å²) in [6.45, 7) is 2.09. The lowest BCUT2D eigenvalue weighted by atomic mass is 9.97. The summed E-state index contributed by atoms with van der Waals surface area (Å²) in [5.74, 6) is 0.461. The molecule has 0 radical (unpaired) electrons. The summed E-state index contributed by atoms with van der Waals surface area (Å²) in [6.07, 6.45) is 10.2. The fourth-order valence-corrected chi connectivity index (χ4v) is 3.21. The fraction of sp³-hybridized carbons (Fsp3) is 0.667. The van der Waals surface area contributed by atoms with Crippen molar-refractivity contribution in [1.82, 2.24) is 0 Å². The molecule has 148 valence electrons. The van der Waals surface area contributed by atoms with E-state index in [-0.39, 0.29) is 17.3 Å². The maximum atomic E-state index is 12.5. The number of carbonyl (C=O) groups excluding carboxylic acids is 1. The van der Waals surface area contributed by atoms with Crippen LogP contribution in [0.25, 0.3) is 0 Å². The van der Waals surface area contributed by atoms with E-state index in [9.17, 15) is 9.90 Å². The van der Waals surface area contributed by atoms with Crippen molar-refractivity contribution in [1.29, 1.82) is 0 Å². The number of unbranched alkanes of at least 4 members (excludes halogenated alkanes) is 8. The Labute approximate surface area is 157 Å². The number of hydrogen-bond donors (Lipinski definition) is 2. The highest BCUT2D eigenvalue weighted by molar-refractivity contribution is 6.01. The Hall–Kier alpha value is -1.75. The van der Waals surface area contributed by atoms with Gasteiger partial charge in [0.2, 0.25) is 5.75 Å². The number of aromatic hydroxyl groups is 1. The van der Waals surface area contributed by atoms with Gasteiger partial charge in [0, 0.05) is 13.0 Å². The van der Waals surface area contributed by atoms with Crippen molar-refractivity contribution < 1.29 is 24.5 Å². The van der Waals surface area contributed by atoms with Crippen LogP contribution < -0.4 is 9.47 Å². The number of aliphatic hydroxyl groups is 1. The minimum absolute atomic E-state index is 0.0510. The largest absolute Gasteiger partial charge is 0.504 e. The van der Waals surface area contributed by atoms with Crippen LogP contribution in [0, 0.1) is 6.92 Å². The van der Waals surface area contributed by atoms with E-state index in [1.54, 1.807) is 13.0 Å². The van der Waals surface area contributed by atoms with Crippen LogP contribution >= 0.6 is 0 Å². The van der Waals surface area contributed by atoms with Crippen molar-refractivity contribution in [3.63, 3.8) is 0 Å². The summed E-state index contributed by atoms with van der Waals surface area (Å²) in [6, 6.07) is 1.72. The van der Waals surface area contributed by atoms with Gasteiger partial charge >= 0.3 is 0 Å². The maximum absolute atomic E-state index is 12.5. The van der Waals surface area contributed by atoms with E-state index in [1.807, 2.05) is 0 Å². The molecule has 0 aliphatic rings. The zero-order valence-electron chi connectivity index (χ0n) is 16.5. The van der Waals surface area contributed by atoms with Gasteiger partial charge in [0.25, 0.3) is 0 Å². The lowest BCUT2D eigenvalue weighted by Crippen LogP contribution is -2.05. The third-order valence-electron chi connectivity index (χ3n) is 4.68. The Morgan fingerprint density at radius 3 is 1.96 bits per heavy atom. The van der Waals surface area contributed by atoms with E-state index < -0.39 is 0 Å².